The van der Waals surface area contributed by atoms with Gasteiger partial charge in [-0.3, -0.25) is 0 Å². The van der Waals surface area contributed by atoms with E-state index in [1.807, 2.05) is 55.5 Å². The van der Waals surface area contributed by atoms with Crippen molar-refractivity contribution in [3.05, 3.63) is 59.7 Å². The van der Waals surface area contributed by atoms with Gasteiger partial charge in [0.15, 0.2) is 0 Å². The van der Waals surface area contributed by atoms with Crippen LogP contribution in [0, 0.1) is 6.92 Å². The van der Waals surface area contributed by atoms with E-state index < -0.39 is 0 Å². The van der Waals surface area contributed by atoms with Gasteiger partial charge in [-0.1, -0.05) is 29.8 Å². The predicted octanol–water partition coefficient (Wildman–Crippen LogP) is 2.95. The number of ether oxygens (including phenoxy) is 2. The molecule has 0 amide bonds. The Morgan fingerprint density at radius 3 is 2.26 bits per heavy atom. The van der Waals surface area contributed by atoms with Crippen LogP contribution in [0.4, 0.5) is 0 Å². The lowest BCUT2D eigenvalue weighted by Gasteiger charge is -2.09. The second-order valence-electron chi connectivity index (χ2n) is 4.32. The average molecular weight is 258 g/mol. The van der Waals surface area contributed by atoms with Crippen LogP contribution in [0.15, 0.2) is 48.5 Å². The van der Waals surface area contributed by atoms with Gasteiger partial charge < -0.3 is 14.6 Å². The van der Waals surface area contributed by atoms with Crippen LogP contribution >= 0.6 is 0 Å². The van der Waals surface area contributed by atoms with Crippen molar-refractivity contribution in [2.45, 2.75) is 13.5 Å². The summed E-state index contributed by atoms with van der Waals surface area (Å²) in [5.74, 6) is 1.59. The summed E-state index contributed by atoms with van der Waals surface area (Å²) in [7, 11) is 0. The van der Waals surface area contributed by atoms with Gasteiger partial charge in [0, 0.05) is 0 Å². The Morgan fingerprint density at radius 1 is 0.895 bits per heavy atom. The molecule has 2 rings (SSSR count). The van der Waals surface area contributed by atoms with E-state index in [0.717, 1.165) is 17.1 Å². The quantitative estimate of drug-likeness (QED) is 0.810. The number of aliphatic hydroxyl groups is 1. The maximum atomic E-state index is 9.02. The van der Waals surface area contributed by atoms with E-state index in [4.69, 9.17) is 14.6 Å². The first-order valence-electron chi connectivity index (χ1n) is 6.30. The van der Waals surface area contributed by atoms with E-state index in [0.29, 0.717) is 13.2 Å². The molecule has 0 heterocycles. The van der Waals surface area contributed by atoms with E-state index in [2.05, 4.69) is 0 Å². The van der Waals surface area contributed by atoms with Crippen LogP contribution in [0.2, 0.25) is 0 Å². The van der Waals surface area contributed by atoms with Crippen LogP contribution < -0.4 is 9.47 Å². The van der Waals surface area contributed by atoms with Crippen LogP contribution in [-0.2, 0) is 6.61 Å². The zero-order valence-electron chi connectivity index (χ0n) is 11.0. The Balaban J connectivity index is 1.75. The minimum Gasteiger partial charge on any atom is -0.490 e. The molecule has 0 atom stereocenters. The molecule has 2 aromatic rings. The Labute approximate surface area is 113 Å². The molecular formula is C16H18O3. The number of aliphatic hydroxyl groups excluding tert-OH is 1. The van der Waals surface area contributed by atoms with Crippen LogP contribution in [0.25, 0.3) is 0 Å². The molecule has 0 radical (unpaired) electrons. The average Bonchev–Trinajstić information content (AvgIpc) is 2.46. The molecule has 19 heavy (non-hydrogen) atoms. The number of aryl methyl sites for hydroxylation is 1. The van der Waals surface area contributed by atoms with Crippen LogP contribution in [0.1, 0.15) is 11.1 Å². The summed E-state index contributed by atoms with van der Waals surface area (Å²) in [6.45, 7) is 3.03. The second-order valence-corrected chi connectivity index (χ2v) is 4.32. The van der Waals surface area contributed by atoms with E-state index in [1.165, 1.54) is 5.56 Å². The molecule has 0 aliphatic carbocycles. The van der Waals surface area contributed by atoms with Gasteiger partial charge in [0.1, 0.15) is 24.7 Å². The largest absolute Gasteiger partial charge is 0.490 e. The van der Waals surface area contributed by atoms with Crippen LogP contribution in [0.5, 0.6) is 11.5 Å². The second kappa shape index (κ2) is 6.81. The van der Waals surface area contributed by atoms with Gasteiger partial charge in [0.25, 0.3) is 0 Å². The molecular weight excluding hydrogens is 240 g/mol. The first-order chi connectivity index (χ1) is 9.28. The van der Waals surface area contributed by atoms with E-state index in [1.54, 1.807) is 0 Å². The van der Waals surface area contributed by atoms with E-state index >= 15 is 0 Å². The highest BCUT2D eigenvalue weighted by Gasteiger charge is 1.97. The normalized spacial score (nSPS) is 10.2. The van der Waals surface area contributed by atoms with Crippen molar-refractivity contribution in [3.8, 4) is 11.5 Å². The highest BCUT2D eigenvalue weighted by atomic mass is 16.5. The topological polar surface area (TPSA) is 38.7 Å². The summed E-state index contributed by atoms with van der Waals surface area (Å²) >= 11 is 0. The molecule has 3 nitrogen and oxygen atoms in total. The predicted molar refractivity (Wildman–Crippen MR) is 74.5 cm³/mol. The van der Waals surface area contributed by atoms with Crippen LogP contribution in [-0.4, -0.2) is 18.3 Å². The van der Waals surface area contributed by atoms with Gasteiger partial charge >= 0.3 is 0 Å². The molecule has 0 unspecified atom stereocenters. The lowest BCUT2D eigenvalue weighted by Crippen LogP contribution is -2.09. The standard InChI is InChI=1S/C16H18O3/c1-13-5-7-15(8-6-13)18-9-10-19-16-4-2-3-14(11-16)12-17/h2-8,11,17H,9-10,12H2,1H3. The van der Waals surface area contributed by atoms with Crippen molar-refractivity contribution in [3.63, 3.8) is 0 Å². The highest BCUT2D eigenvalue weighted by molar-refractivity contribution is 5.28. The van der Waals surface area contributed by atoms with Crippen molar-refractivity contribution in [2.24, 2.45) is 0 Å². The molecule has 0 saturated heterocycles. The molecule has 0 bridgehead atoms. The number of hydrogen-bond donors (Lipinski definition) is 1. The van der Waals surface area contributed by atoms with E-state index in [9.17, 15) is 0 Å². The molecule has 2 aromatic carbocycles. The zero-order valence-corrected chi connectivity index (χ0v) is 11.0. The smallest absolute Gasteiger partial charge is 0.122 e. The Bertz CT molecular complexity index is 506. The summed E-state index contributed by atoms with van der Waals surface area (Å²) in [6, 6.07) is 15.3. The lowest BCUT2D eigenvalue weighted by molar-refractivity contribution is 0.216. The molecule has 0 spiro atoms. The van der Waals surface area contributed by atoms with Crippen LogP contribution in [0.3, 0.4) is 0 Å². The molecule has 0 aliphatic rings. The van der Waals surface area contributed by atoms with Crippen molar-refractivity contribution in [2.75, 3.05) is 13.2 Å². The third kappa shape index (κ3) is 4.30. The lowest BCUT2D eigenvalue weighted by atomic mass is 10.2. The van der Waals surface area contributed by atoms with Gasteiger partial charge in [0.05, 0.1) is 6.61 Å². The van der Waals surface area contributed by atoms with Gasteiger partial charge in [-0.15, -0.1) is 0 Å². The van der Waals surface area contributed by atoms with Crippen molar-refractivity contribution in [1.82, 2.24) is 0 Å². The third-order valence-electron chi connectivity index (χ3n) is 2.72. The summed E-state index contributed by atoms with van der Waals surface area (Å²) < 4.78 is 11.1. The maximum absolute atomic E-state index is 9.02. The Hall–Kier alpha value is -2.00. The monoisotopic (exact) mass is 258 g/mol. The first kappa shape index (κ1) is 13.4. The summed E-state index contributed by atoms with van der Waals surface area (Å²) in [5, 5.41) is 9.02. The summed E-state index contributed by atoms with van der Waals surface area (Å²) in [6.07, 6.45) is 0. The fourth-order valence-electron chi connectivity index (χ4n) is 1.69. The Morgan fingerprint density at radius 2 is 1.58 bits per heavy atom. The fraction of sp³-hybridized carbons (Fsp3) is 0.250. The van der Waals surface area contributed by atoms with Gasteiger partial charge in [-0.2, -0.15) is 0 Å². The molecule has 0 aromatic heterocycles. The number of hydrogen-bond acceptors (Lipinski definition) is 3. The maximum Gasteiger partial charge on any atom is 0.122 e. The summed E-state index contributed by atoms with van der Waals surface area (Å²) in [4.78, 5) is 0. The molecule has 0 aliphatic heterocycles. The molecule has 0 saturated carbocycles. The van der Waals surface area contributed by atoms with Gasteiger partial charge in [0.2, 0.25) is 0 Å². The molecule has 100 valence electrons. The molecule has 3 heteroatoms. The van der Waals surface area contributed by atoms with E-state index in [-0.39, 0.29) is 6.61 Å². The van der Waals surface area contributed by atoms with Gasteiger partial charge in [-0.25, -0.2) is 0 Å². The fourth-order valence-corrected chi connectivity index (χ4v) is 1.69. The minimum absolute atomic E-state index is 0.0249. The minimum atomic E-state index is 0.0249. The van der Waals surface area contributed by atoms with Gasteiger partial charge in [-0.05, 0) is 36.8 Å². The third-order valence-corrected chi connectivity index (χ3v) is 2.72. The number of rotatable bonds is 6. The molecule has 0 fully saturated rings. The number of benzene rings is 2. The zero-order chi connectivity index (χ0) is 13.5. The first-order valence-corrected chi connectivity index (χ1v) is 6.30. The Kier molecular flexibility index (Phi) is 4.81. The SMILES string of the molecule is Cc1ccc(OCCOc2cccc(CO)c2)cc1. The summed E-state index contributed by atoms with van der Waals surface area (Å²) in [5.41, 5.74) is 2.06. The van der Waals surface area contributed by atoms with Crippen molar-refractivity contribution in [1.29, 1.82) is 0 Å². The van der Waals surface area contributed by atoms with Crippen molar-refractivity contribution >= 4 is 0 Å². The molecule has 1 N–H and O–H groups in total. The highest BCUT2D eigenvalue weighted by Crippen LogP contribution is 2.14. The van der Waals surface area contributed by atoms with Crippen molar-refractivity contribution < 1.29 is 14.6 Å².